The van der Waals surface area contributed by atoms with Gasteiger partial charge in [-0.25, -0.2) is 0 Å². The highest BCUT2D eigenvalue weighted by atomic mass is 35.5. The number of likely N-dealkylation sites (tertiary alicyclic amines) is 1. The molecule has 0 saturated carbocycles. The number of carbonyl (C=O) groups excluding carboxylic acids is 1. The fourth-order valence-electron chi connectivity index (χ4n) is 3.77. The Morgan fingerprint density at radius 1 is 1.28 bits per heavy atom. The van der Waals surface area contributed by atoms with Crippen LogP contribution in [0, 0.1) is 10.1 Å². The maximum absolute atomic E-state index is 12.6. The second-order valence-electron chi connectivity index (χ2n) is 6.85. The highest BCUT2D eigenvalue weighted by Gasteiger charge is 2.34. The molecule has 2 N–H and O–H groups in total. The number of quaternary nitrogens is 1. The maximum Gasteiger partial charge on any atom is 0.294 e. The third-order valence-corrected chi connectivity index (χ3v) is 5.35. The third-order valence-electron chi connectivity index (χ3n) is 5.11. The zero-order chi connectivity index (χ0) is 21.0. The van der Waals surface area contributed by atoms with Gasteiger partial charge >= 0.3 is 0 Å². The van der Waals surface area contributed by atoms with E-state index in [1.165, 1.54) is 18.2 Å². The van der Waals surface area contributed by atoms with Crippen LogP contribution in [0.5, 0.6) is 11.5 Å². The van der Waals surface area contributed by atoms with Gasteiger partial charge in [-0.2, -0.15) is 0 Å². The maximum atomic E-state index is 12.6. The number of nitro benzene ring substituents is 1. The fourth-order valence-corrected chi connectivity index (χ4v) is 3.94. The van der Waals surface area contributed by atoms with Crippen LogP contribution in [0.4, 0.5) is 11.4 Å². The molecule has 0 bridgehead atoms. The Balaban J connectivity index is 1.77. The van der Waals surface area contributed by atoms with Crippen molar-refractivity contribution in [1.82, 2.24) is 0 Å². The Bertz CT molecular complexity index is 921. The number of nitro groups is 1. The van der Waals surface area contributed by atoms with E-state index in [2.05, 4.69) is 5.32 Å². The quantitative estimate of drug-likeness (QED) is 0.530. The number of amides is 1. The molecule has 154 valence electrons. The standard InChI is InChI=1S/C20H22ClN3O5/c1-28-14-6-8-19(29-2)15(11-14)17-4-3-9-23(17)12-20(25)22-16-7-5-13(21)10-18(16)24(26)27/h5-8,10-11,17H,3-4,9,12H2,1-2H3,(H,22,25)/p+1/t17-/m0/s1. The van der Waals surface area contributed by atoms with Gasteiger partial charge in [0, 0.05) is 23.9 Å². The van der Waals surface area contributed by atoms with Crippen molar-refractivity contribution >= 4 is 28.9 Å². The van der Waals surface area contributed by atoms with E-state index in [1.54, 1.807) is 14.2 Å². The average Bonchev–Trinajstić information content (AvgIpc) is 3.16. The molecule has 0 aliphatic carbocycles. The third kappa shape index (κ3) is 4.78. The Labute approximate surface area is 173 Å². The van der Waals surface area contributed by atoms with Gasteiger partial charge in [0.05, 0.1) is 31.3 Å². The number of rotatable bonds is 7. The summed E-state index contributed by atoms with van der Waals surface area (Å²) in [5.74, 6) is 1.19. The SMILES string of the molecule is COc1ccc(OC)c([C@@H]2CCC[NH+]2CC(=O)Nc2ccc(Cl)cc2[N+](=O)[O-])c1. The summed E-state index contributed by atoms with van der Waals surface area (Å²) in [4.78, 5) is 24.4. The van der Waals surface area contributed by atoms with E-state index >= 15 is 0 Å². The molecular formula is C20H23ClN3O5+. The number of nitrogens with zero attached hydrogens (tertiary/aromatic N) is 1. The van der Waals surface area contributed by atoms with E-state index in [1.807, 2.05) is 18.2 Å². The van der Waals surface area contributed by atoms with E-state index < -0.39 is 4.92 Å². The number of anilines is 1. The van der Waals surface area contributed by atoms with Gasteiger partial charge in [0.25, 0.3) is 11.6 Å². The first-order valence-corrected chi connectivity index (χ1v) is 9.61. The van der Waals surface area contributed by atoms with Crippen LogP contribution in [0.1, 0.15) is 24.4 Å². The second kappa shape index (κ2) is 9.11. The number of hydrogen-bond donors (Lipinski definition) is 2. The summed E-state index contributed by atoms with van der Waals surface area (Å²) in [6, 6.07) is 9.90. The molecule has 0 spiro atoms. The van der Waals surface area contributed by atoms with E-state index in [0.29, 0.717) is 0 Å². The summed E-state index contributed by atoms with van der Waals surface area (Å²) in [7, 11) is 3.23. The van der Waals surface area contributed by atoms with Crippen LogP contribution >= 0.6 is 11.6 Å². The number of ether oxygens (including phenoxy) is 2. The summed E-state index contributed by atoms with van der Waals surface area (Å²) in [5, 5.41) is 14.1. The van der Waals surface area contributed by atoms with Gasteiger partial charge in [-0.3, -0.25) is 14.9 Å². The zero-order valence-electron chi connectivity index (χ0n) is 16.2. The molecule has 1 unspecified atom stereocenters. The molecule has 1 aliphatic heterocycles. The van der Waals surface area contributed by atoms with Crippen molar-refractivity contribution in [2.75, 3.05) is 32.6 Å². The lowest BCUT2D eigenvalue weighted by atomic mass is 10.0. The topological polar surface area (TPSA) is 95.1 Å². The molecule has 2 aromatic rings. The van der Waals surface area contributed by atoms with Crippen LogP contribution in [0.2, 0.25) is 5.02 Å². The Kier molecular flexibility index (Phi) is 6.56. The summed E-state index contributed by atoms with van der Waals surface area (Å²) in [6.45, 7) is 1.01. The van der Waals surface area contributed by atoms with Crippen LogP contribution in [0.3, 0.4) is 0 Å². The van der Waals surface area contributed by atoms with Gasteiger partial charge in [0.15, 0.2) is 6.54 Å². The molecule has 2 aromatic carbocycles. The van der Waals surface area contributed by atoms with Gasteiger partial charge in [-0.1, -0.05) is 11.6 Å². The first-order valence-electron chi connectivity index (χ1n) is 9.23. The van der Waals surface area contributed by atoms with Gasteiger partial charge < -0.3 is 19.7 Å². The van der Waals surface area contributed by atoms with Crippen LogP contribution in [0.25, 0.3) is 0 Å². The Hall–Kier alpha value is -2.84. The Morgan fingerprint density at radius 3 is 2.76 bits per heavy atom. The van der Waals surface area contributed by atoms with Crippen LogP contribution in [-0.2, 0) is 4.79 Å². The highest BCUT2D eigenvalue weighted by Crippen LogP contribution is 2.32. The minimum absolute atomic E-state index is 0.0750. The van der Waals surface area contributed by atoms with Crippen molar-refractivity contribution < 1.29 is 24.1 Å². The van der Waals surface area contributed by atoms with Crippen LogP contribution in [-0.4, -0.2) is 38.1 Å². The highest BCUT2D eigenvalue weighted by molar-refractivity contribution is 6.31. The zero-order valence-corrected chi connectivity index (χ0v) is 17.0. The Morgan fingerprint density at radius 2 is 2.07 bits per heavy atom. The van der Waals surface area contributed by atoms with E-state index in [9.17, 15) is 14.9 Å². The van der Waals surface area contributed by atoms with Gasteiger partial charge in [-0.05, 0) is 30.3 Å². The molecule has 29 heavy (non-hydrogen) atoms. The van der Waals surface area contributed by atoms with Crippen molar-refractivity contribution in [3.63, 3.8) is 0 Å². The van der Waals surface area contributed by atoms with Crippen molar-refractivity contribution in [3.8, 4) is 11.5 Å². The molecule has 2 atom stereocenters. The molecule has 3 rings (SSSR count). The number of carbonyl (C=O) groups is 1. The number of hydrogen-bond acceptors (Lipinski definition) is 5. The van der Waals surface area contributed by atoms with Crippen molar-refractivity contribution in [2.45, 2.75) is 18.9 Å². The summed E-state index contributed by atoms with van der Waals surface area (Å²) in [5.41, 5.74) is 0.899. The molecule has 8 nitrogen and oxygen atoms in total. The van der Waals surface area contributed by atoms with Gasteiger partial charge in [0.1, 0.15) is 23.2 Å². The first kappa shape index (κ1) is 20.9. The largest absolute Gasteiger partial charge is 0.497 e. The predicted octanol–water partition coefficient (Wildman–Crippen LogP) is 2.62. The molecule has 1 heterocycles. The van der Waals surface area contributed by atoms with Gasteiger partial charge in [-0.15, -0.1) is 0 Å². The monoisotopic (exact) mass is 420 g/mol. The molecule has 1 amide bonds. The number of nitrogens with one attached hydrogen (secondary N) is 2. The van der Waals surface area contributed by atoms with Crippen molar-refractivity contribution in [2.24, 2.45) is 0 Å². The lowest BCUT2D eigenvalue weighted by molar-refractivity contribution is -0.910. The molecule has 1 aliphatic rings. The molecule has 9 heteroatoms. The summed E-state index contributed by atoms with van der Waals surface area (Å²) < 4.78 is 10.8. The number of halogens is 1. The van der Waals surface area contributed by atoms with Crippen molar-refractivity contribution in [3.05, 3.63) is 57.1 Å². The lowest BCUT2D eigenvalue weighted by Gasteiger charge is -2.23. The normalized spacial score (nSPS) is 18.3. The molecule has 0 aromatic heterocycles. The molecule has 1 fully saturated rings. The predicted molar refractivity (Wildman–Crippen MR) is 109 cm³/mol. The van der Waals surface area contributed by atoms with E-state index in [4.69, 9.17) is 21.1 Å². The van der Waals surface area contributed by atoms with E-state index in [-0.39, 0.29) is 34.9 Å². The van der Waals surface area contributed by atoms with Crippen LogP contribution in [0.15, 0.2) is 36.4 Å². The summed E-state index contributed by atoms with van der Waals surface area (Å²) in [6.07, 6.45) is 1.88. The van der Waals surface area contributed by atoms with Crippen LogP contribution < -0.4 is 19.7 Å². The molecular weight excluding hydrogens is 398 g/mol. The minimum Gasteiger partial charge on any atom is -0.497 e. The number of benzene rings is 2. The molecule has 0 radical (unpaired) electrons. The smallest absolute Gasteiger partial charge is 0.294 e. The first-order chi connectivity index (χ1) is 13.9. The summed E-state index contributed by atoms with van der Waals surface area (Å²) >= 11 is 5.83. The lowest BCUT2D eigenvalue weighted by Crippen LogP contribution is -3.11. The van der Waals surface area contributed by atoms with Gasteiger partial charge in [0.2, 0.25) is 0 Å². The van der Waals surface area contributed by atoms with Crippen molar-refractivity contribution in [1.29, 1.82) is 0 Å². The van der Waals surface area contributed by atoms with E-state index in [0.717, 1.165) is 41.3 Å². The minimum atomic E-state index is -0.561. The average molecular weight is 421 g/mol. The second-order valence-corrected chi connectivity index (χ2v) is 7.29. The fraction of sp³-hybridized carbons (Fsp3) is 0.350. The number of methoxy groups -OCH3 is 2. The molecule has 1 saturated heterocycles.